The summed E-state index contributed by atoms with van der Waals surface area (Å²) in [6.45, 7) is 0. The predicted octanol–water partition coefficient (Wildman–Crippen LogP) is 1.14. The third-order valence-electron chi connectivity index (χ3n) is 2.41. The highest BCUT2D eigenvalue weighted by molar-refractivity contribution is 7.85. The maximum atomic E-state index is 11.2. The van der Waals surface area contributed by atoms with Crippen molar-refractivity contribution >= 4 is 16.1 Å². The zero-order valence-corrected chi connectivity index (χ0v) is 9.33. The lowest BCUT2D eigenvalue weighted by Gasteiger charge is -2.21. The Hall–Kier alpha value is -0.620. The number of carbonyl (C=O) groups excluding carboxylic acids is 1. The first-order valence-corrected chi connectivity index (χ1v) is 6.73. The third kappa shape index (κ3) is 5.74. The number of ether oxygens (including phenoxy) is 1. The van der Waals surface area contributed by atoms with Gasteiger partial charge in [-0.2, -0.15) is 8.42 Å². The Labute approximate surface area is 89.6 Å². The van der Waals surface area contributed by atoms with Gasteiger partial charge >= 0.3 is 5.97 Å². The van der Waals surface area contributed by atoms with E-state index in [4.69, 9.17) is 9.29 Å². The van der Waals surface area contributed by atoms with Crippen molar-refractivity contribution in [3.8, 4) is 0 Å². The van der Waals surface area contributed by atoms with Crippen molar-refractivity contribution in [3.63, 3.8) is 0 Å². The first-order valence-electron chi connectivity index (χ1n) is 5.12. The molecule has 1 aliphatic rings. The lowest BCUT2D eigenvalue weighted by molar-refractivity contribution is -0.150. The minimum absolute atomic E-state index is 0.0624. The van der Waals surface area contributed by atoms with E-state index in [0.29, 0.717) is 0 Å². The molecule has 0 atom stereocenters. The van der Waals surface area contributed by atoms with Crippen molar-refractivity contribution in [1.82, 2.24) is 0 Å². The average Bonchev–Trinajstić information content (AvgIpc) is 2.15. The Morgan fingerprint density at radius 2 is 1.87 bits per heavy atom. The number of hydrogen-bond acceptors (Lipinski definition) is 4. The molecule has 0 aromatic carbocycles. The van der Waals surface area contributed by atoms with Crippen LogP contribution in [0.5, 0.6) is 0 Å². The van der Waals surface area contributed by atoms with E-state index in [-0.39, 0.29) is 12.5 Å². The van der Waals surface area contributed by atoms with Crippen LogP contribution < -0.4 is 0 Å². The van der Waals surface area contributed by atoms with Gasteiger partial charge in [0.15, 0.2) is 0 Å². The minimum atomic E-state index is -4.06. The van der Waals surface area contributed by atoms with Gasteiger partial charge in [0.2, 0.25) is 0 Å². The fraction of sp³-hybridized carbons (Fsp3) is 0.889. The van der Waals surface area contributed by atoms with E-state index in [0.717, 1.165) is 25.7 Å². The molecule has 1 N–H and O–H groups in total. The maximum absolute atomic E-state index is 11.2. The van der Waals surface area contributed by atoms with Crippen molar-refractivity contribution in [1.29, 1.82) is 0 Å². The SMILES string of the molecule is O=C(CCS(=O)(=O)O)OC1CCCCC1. The van der Waals surface area contributed by atoms with Crippen LogP contribution in [0, 0.1) is 0 Å². The Balaban J connectivity index is 2.23. The van der Waals surface area contributed by atoms with E-state index in [9.17, 15) is 13.2 Å². The second-order valence-electron chi connectivity index (χ2n) is 3.79. The van der Waals surface area contributed by atoms with Gasteiger partial charge in [-0.15, -0.1) is 0 Å². The average molecular weight is 236 g/mol. The van der Waals surface area contributed by atoms with Crippen LogP contribution in [0.2, 0.25) is 0 Å². The smallest absolute Gasteiger partial charge is 0.307 e. The summed E-state index contributed by atoms with van der Waals surface area (Å²) in [5.74, 6) is -1.10. The summed E-state index contributed by atoms with van der Waals surface area (Å²) in [4.78, 5) is 11.2. The predicted molar refractivity (Wildman–Crippen MR) is 54.0 cm³/mol. The van der Waals surface area contributed by atoms with E-state index >= 15 is 0 Å². The number of esters is 1. The van der Waals surface area contributed by atoms with Crippen molar-refractivity contribution < 1.29 is 22.5 Å². The second kappa shape index (κ2) is 5.46. The second-order valence-corrected chi connectivity index (χ2v) is 5.36. The van der Waals surface area contributed by atoms with Crippen molar-refractivity contribution in [2.24, 2.45) is 0 Å². The molecule has 0 aromatic rings. The molecule has 1 saturated carbocycles. The first-order chi connectivity index (χ1) is 6.97. The number of hydrogen-bond donors (Lipinski definition) is 1. The van der Waals surface area contributed by atoms with Crippen molar-refractivity contribution in [3.05, 3.63) is 0 Å². The van der Waals surface area contributed by atoms with Crippen LogP contribution >= 0.6 is 0 Å². The fourth-order valence-electron chi connectivity index (χ4n) is 1.64. The van der Waals surface area contributed by atoms with Crippen LogP contribution in [0.4, 0.5) is 0 Å². The lowest BCUT2D eigenvalue weighted by Crippen LogP contribution is -2.22. The van der Waals surface area contributed by atoms with Crippen molar-refractivity contribution in [2.75, 3.05) is 5.75 Å². The summed E-state index contributed by atoms with van der Waals surface area (Å²) < 4.78 is 34.3. The molecular formula is C9H16O5S. The Morgan fingerprint density at radius 1 is 1.27 bits per heavy atom. The molecule has 0 bridgehead atoms. The summed E-state index contributed by atoms with van der Waals surface area (Å²) >= 11 is 0. The Bertz CT molecular complexity index is 302. The molecule has 1 aliphatic carbocycles. The molecule has 1 fully saturated rings. The van der Waals surface area contributed by atoms with Gasteiger partial charge in [-0.1, -0.05) is 6.42 Å². The molecule has 0 aromatic heterocycles. The highest BCUT2D eigenvalue weighted by Crippen LogP contribution is 2.20. The molecular weight excluding hydrogens is 220 g/mol. The normalized spacial score (nSPS) is 18.7. The summed E-state index contributed by atoms with van der Waals surface area (Å²) in [7, 11) is -4.06. The highest BCUT2D eigenvalue weighted by Gasteiger charge is 2.18. The quantitative estimate of drug-likeness (QED) is 0.584. The van der Waals surface area contributed by atoms with Gasteiger partial charge in [0.05, 0.1) is 12.2 Å². The lowest BCUT2D eigenvalue weighted by atomic mass is 9.98. The van der Waals surface area contributed by atoms with Gasteiger partial charge in [0, 0.05) is 0 Å². The zero-order chi connectivity index (χ0) is 11.3. The van der Waals surface area contributed by atoms with Crippen LogP contribution in [0.3, 0.4) is 0 Å². The molecule has 15 heavy (non-hydrogen) atoms. The Kier molecular flexibility index (Phi) is 4.53. The zero-order valence-electron chi connectivity index (χ0n) is 8.52. The van der Waals surface area contributed by atoms with Gasteiger partial charge in [-0.05, 0) is 25.7 Å². The summed E-state index contributed by atoms with van der Waals surface area (Å²) in [5.41, 5.74) is 0. The van der Waals surface area contributed by atoms with Crippen LogP contribution in [-0.2, 0) is 19.6 Å². The summed E-state index contributed by atoms with van der Waals surface area (Å²) in [6, 6.07) is 0. The highest BCUT2D eigenvalue weighted by atomic mass is 32.2. The molecule has 0 radical (unpaired) electrons. The first kappa shape index (κ1) is 12.4. The number of carbonyl (C=O) groups is 1. The van der Waals surface area contributed by atoms with Gasteiger partial charge < -0.3 is 4.74 Å². The standard InChI is InChI=1S/C9H16O5S/c10-9(6-7-15(11,12)13)14-8-4-2-1-3-5-8/h8H,1-7H2,(H,11,12,13). The summed E-state index contributed by atoms with van der Waals surface area (Å²) in [6.07, 6.45) is 4.66. The van der Waals surface area contributed by atoms with E-state index < -0.39 is 21.8 Å². The molecule has 5 nitrogen and oxygen atoms in total. The largest absolute Gasteiger partial charge is 0.462 e. The molecule has 0 heterocycles. The van der Waals surface area contributed by atoms with Crippen molar-refractivity contribution in [2.45, 2.75) is 44.6 Å². The van der Waals surface area contributed by atoms with E-state index in [2.05, 4.69) is 0 Å². The maximum Gasteiger partial charge on any atom is 0.307 e. The molecule has 6 heteroatoms. The fourth-order valence-corrected chi connectivity index (χ4v) is 2.06. The van der Waals surface area contributed by atoms with E-state index in [1.807, 2.05) is 0 Å². The topological polar surface area (TPSA) is 80.7 Å². The molecule has 88 valence electrons. The third-order valence-corrected chi connectivity index (χ3v) is 3.13. The van der Waals surface area contributed by atoms with Gasteiger partial charge in [-0.3, -0.25) is 9.35 Å². The van der Waals surface area contributed by atoms with Crippen LogP contribution in [0.1, 0.15) is 38.5 Å². The van der Waals surface area contributed by atoms with Gasteiger partial charge in [0.25, 0.3) is 10.1 Å². The van der Waals surface area contributed by atoms with Gasteiger partial charge in [-0.25, -0.2) is 0 Å². The number of rotatable bonds is 4. The summed E-state index contributed by atoms with van der Waals surface area (Å²) in [5, 5.41) is 0. The minimum Gasteiger partial charge on any atom is -0.462 e. The van der Waals surface area contributed by atoms with Crippen LogP contribution in [0.25, 0.3) is 0 Å². The molecule has 0 aliphatic heterocycles. The molecule has 0 amide bonds. The van der Waals surface area contributed by atoms with E-state index in [1.54, 1.807) is 0 Å². The van der Waals surface area contributed by atoms with Gasteiger partial charge in [0.1, 0.15) is 6.10 Å². The monoisotopic (exact) mass is 236 g/mol. The molecule has 1 rings (SSSR count). The van der Waals surface area contributed by atoms with Crippen LogP contribution in [-0.4, -0.2) is 30.8 Å². The molecule has 0 spiro atoms. The van der Waals surface area contributed by atoms with E-state index in [1.165, 1.54) is 6.42 Å². The Morgan fingerprint density at radius 3 is 2.40 bits per heavy atom. The molecule has 0 saturated heterocycles. The van der Waals surface area contributed by atoms with Crippen LogP contribution in [0.15, 0.2) is 0 Å². The molecule has 0 unspecified atom stereocenters.